The standard InChI is InChI=1S/C44H72N4/c1-2-6-26-46-31-11-19-39-37-17-9-29-45(25-5-1)30-10-18-38-40(20-12-32-46)44-24-16-36-48-28-8-4-3-7-27-47(34-14-22-42(38)44)33-13-21-41(37)43(39)23-15-35-48/h1-36H2. The van der Waals surface area contributed by atoms with Crippen molar-refractivity contribution in [3.8, 4) is 0 Å². The van der Waals surface area contributed by atoms with Crippen LogP contribution in [0.4, 0.5) is 0 Å². The first-order chi connectivity index (χ1) is 23.8. The molecule has 0 saturated heterocycles. The van der Waals surface area contributed by atoms with E-state index in [2.05, 4.69) is 19.6 Å². The normalized spacial score (nSPS) is 33.0. The predicted molar refractivity (Wildman–Crippen MR) is 205 cm³/mol. The summed E-state index contributed by atoms with van der Waals surface area (Å²) in [6, 6.07) is 0. The second-order valence-electron chi connectivity index (χ2n) is 16.9. The predicted octanol–water partition coefficient (Wildman–Crippen LogP) is 9.84. The summed E-state index contributed by atoms with van der Waals surface area (Å²) < 4.78 is 0. The summed E-state index contributed by atoms with van der Waals surface area (Å²) in [6.07, 6.45) is 33.0. The monoisotopic (exact) mass is 657 g/mol. The molecule has 268 valence electrons. The molecule has 0 aromatic rings. The van der Waals surface area contributed by atoms with Crippen LogP contribution in [-0.2, 0) is 0 Å². The van der Waals surface area contributed by atoms with Crippen molar-refractivity contribution in [2.45, 2.75) is 154 Å². The number of allylic oxidation sites excluding steroid dienone is 8. The number of fused-ring (bicyclic) bond motifs is 18. The van der Waals surface area contributed by atoms with Gasteiger partial charge in [-0.25, -0.2) is 0 Å². The third-order valence-electron chi connectivity index (χ3n) is 13.5. The van der Waals surface area contributed by atoms with Gasteiger partial charge in [0.05, 0.1) is 0 Å². The lowest BCUT2D eigenvalue weighted by Crippen LogP contribution is -2.31. The molecule has 6 aliphatic rings. The maximum Gasteiger partial charge on any atom is -0.00156 e. The van der Waals surface area contributed by atoms with Crippen LogP contribution in [0.1, 0.15) is 154 Å². The molecule has 2 aliphatic carbocycles. The molecule has 0 spiro atoms. The molecule has 0 saturated carbocycles. The topological polar surface area (TPSA) is 13.0 Å². The molecule has 0 aromatic heterocycles. The van der Waals surface area contributed by atoms with Crippen LogP contribution in [0.5, 0.6) is 0 Å². The maximum atomic E-state index is 2.91. The van der Waals surface area contributed by atoms with Crippen molar-refractivity contribution in [2.75, 3.05) is 78.5 Å². The van der Waals surface area contributed by atoms with Gasteiger partial charge in [-0.1, -0.05) is 25.7 Å². The molecule has 0 unspecified atom stereocenters. The van der Waals surface area contributed by atoms with Crippen molar-refractivity contribution in [1.82, 2.24) is 19.6 Å². The average molecular weight is 657 g/mol. The Morgan fingerprint density at radius 2 is 0.312 bits per heavy atom. The molecule has 0 atom stereocenters. The minimum absolute atomic E-state index is 1.32. The summed E-state index contributed by atoms with van der Waals surface area (Å²) in [7, 11) is 0. The fourth-order valence-electron chi connectivity index (χ4n) is 11.0. The molecule has 6 rings (SSSR count). The second-order valence-corrected chi connectivity index (χ2v) is 16.9. The first-order valence-electron chi connectivity index (χ1n) is 21.6. The van der Waals surface area contributed by atoms with E-state index in [1.165, 1.54) is 233 Å². The van der Waals surface area contributed by atoms with Gasteiger partial charge in [-0.3, -0.25) is 0 Å². The largest absolute Gasteiger partial charge is 0.303 e. The molecule has 0 radical (unpaired) electrons. The number of hydrogen-bond donors (Lipinski definition) is 0. The van der Waals surface area contributed by atoms with Gasteiger partial charge >= 0.3 is 0 Å². The highest BCUT2D eigenvalue weighted by molar-refractivity contribution is 5.60. The Labute approximate surface area is 296 Å². The second kappa shape index (κ2) is 18.3. The van der Waals surface area contributed by atoms with E-state index in [4.69, 9.17) is 0 Å². The Balaban J connectivity index is 1.27. The first-order valence-corrected chi connectivity index (χ1v) is 21.6. The van der Waals surface area contributed by atoms with Gasteiger partial charge in [0.25, 0.3) is 0 Å². The van der Waals surface area contributed by atoms with Gasteiger partial charge < -0.3 is 19.6 Å². The van der Waals surface area contributed by atoms with E-state index in [1.807, 2.05) is 44.6 Å². The van der Waals surface area contributed by atoms with Gasteiger partial charge in [0, 0.05) is 0 Å². The third-order valence-corrected chi connectivity index (χ3v) is 13.5. The van der Waals surface area contributed by atoms with Gasteiger partial charge in [-0.15, -0.1) is 0 Å². The van der Waals surface area contributed by atoms with Crippen LogP contribution in [0.3, 0.4) is 0 Å². The van der Waals surface area contributed by atoms with Gasteiger partial charge in [0.2, 0.25) is 0 Å². The van der Waals surface area contributed by atoms with Crippen molar-refractivity contribution in [2.24, 2.45) is 0 Å². The highest BCUT2D eigenvalue weighted by atomic mass is 15.1. The van der Waals surface area contributed by atoms with Crippen LogP contribution in [0.25, 0.3) is 0 Å². The highest BCUT2D eigenvalue weighted by Crippen LogP contribution is 2.47. The molecule has 48 heavy (non-hydrogen) atoms. The minimum Gasteiger partial charge on any atom is -0.303 e. The molecule has 0 aromatic carbocycles. The maximum absolute atomic E-state index is 2.91. The molecule has 0 N–H and O–H groups in total. The van der Waals surface area contributed by atoms with E-state index in [0.717, 1.165) is 0 Å². The Morgan fingerprint density at radius 1 is 0.167 bits per heavy atom. The lowest BCUT2D eigenvalue weighted by molar-refractivity contribution is 0.243. The Morgan fingerprint density at radius 3 is 0.479 bits per heavy atom. The Bertz CT molecular complexity index is 910. The van der Waals surface area contributed by atoms with Crippen LogP contribution < -0.4 is 0 Å². The van der Waals surface area contributed by atoms with Crippen molar-refractivity contribution < 1.29 is 0 Å². The summed E-state index contributed by atoms with van der Waals surface area (Å²) in [5.74, 6) is 0. The molecule has 4 aliphatic heterocycles. The van der Waals surface area contributed by atoms with Gasteiger partial charge in [-0.05, 0) is 252 Å². The van der Waals surface area contributed by atoms with E-state index in [9.17, 15) is 0 Å². The average Bonchev–Trinajstić information content (AvgIpc) is 3.07. The van der Waals surface area contributed by atoms with E-state index in [-0.39, 0.29) is 0 Å². The van der Waals surface area contributed by atoms with Gasteiger partial charge in [0.15, 0.2) is 0 Å². The highest BCUT2D eigenvalue weighted by Gasteiger charge is 2.31. The van der Waals surface area contributed by atoms with Crippen molar-refractivity contribution >= 4 is 0 Å². The fraction of sp³-hybridized carbons (Fsp3) is 0.818. The quantitative estimate of drug-likeness (QED) is 0.257. The summed E-state index contributed by atoms with van der Waals surface area (Å²) in [5, 5.41) is 0. The SMILES string of the molecule is C1CCCN2CCCC3=C4CCCN(CC1)CCCC1=C(CCC2)C2=C1CCCN1CCCCCCN(CCCC3=C4CCC1)CCC2. The zero-order valence-corrected chi connectivity index (χ0v) is 31.2. The molecular weight excluding hydrogens is 585 g/mol. The molecular formula is C44H72N4. The Kier molecular flexibility index (Phi) is 13.5. The van der Waals surface area contributed by atoms with Crippen molar-refractivity contribution in [3.63, 3.8) is 0 Å². The van der Waals surface area contributed by atoms with Crippen LogP contribution in [0.15, 0.2) is 44.6 Å². The molecule has 4 nitrogen and oxygen atoms in total. The van der Waals surface area contributed by atoms with E-state index >= 15 is 0 Å². The zero-order chi connectivity index (χ0) is 32.4. The summed E-state index contributed by atoms with van der Waals surface area (Å²) in [4.78, 5) is 11.6. The van der Waals surface area contributed by atoms with Crippen LogP contribution >= 0.6 is 0 Å². The molecule has 4 heteroatoms. The van der Waals surface area contributed by atoms with Gasteiger partial charge in [-0.2, -0.15) is 0 Å². The fourth-order valence-corrected chi connectivity index (χ4v) is 11.0. The van der Waals surface area contributed by atoms with Crippen molar-refractivity contribution in [1.29, 1.82) is 0 Å². The van der Waals surface area contributed by atoms with E-state index in [1.54, 1.807) is 0 Å². The van der Waals surface area contributed by atoms with Crippen LogP contribution in [-0.4, -0.2) is 98.1 Å². The smallest absolute Gasteiger partial charge is 0.00156 e. The molecule has 0 amide bonds. The summed E-state index contributed by atoms with van der Waals surface area (Å²) >= 11 is 0. The molecule has 0 fully saturated rings. The van der Waals surface area contributed by atoms with E-state index in [0.29, 0.717) is 0 Å². The molecule has 4 bridgehead atoms. The lowest BCUT2D eigenvalue weighted by Gasteiger charge is -2.37. The minimum atomic E-state index is 1.32. The number of nitrogens with zero attached hydrogens (tertiary/aromatic N) is 4. The third kappa shape index (κ3) is 9.17. The number of rotatable bonds is 0. The van der Waals surface area contributed by atoms with E-state index < -0.39 is 0 Å². The summed E-state index contributed by atoms with van der Waals surface area (Å²) in [5.41, 5.74) is 14.9. The Hall–Kier alpha value is -1.20. The first kappa shape index (κ1) is 35.2. The number of hydrogen-bond acceptors (Lipinski definition) is 4. The van der Waals surface area contributed by atoms with Crippen LogP contribution in [0, 0.1) is 0 Å². The van der Waals surface area contributed by atoms with Crippen molar-refractivity contribution in [3.05, 3.63) is 44.6 Å². The van der Waals surface area contributed by atoms with Crippen LogP contribution in [0.2, 0.25) is 0 Å². The zero-order valence-electron chi connectivity index (χ0n) is 31.2. The summed E-state index contributed by atoms with van der Waals surface area (Å²) in [6.45, 7) is 15.8. The lowest BCUT2D eigenvalue weighted by atomic mass is 9.72. The molecule has 4 heterocycles. The van der Waals surface area contributed by atoms with Gasteiger partial charge in [0.1, 0.15) is 0 Å².